The molecule has 1 N–H and O–H groups in total. The van der Waals surface area contributed by atoms with E-state index in [1.54, 1.807) is 11.3 Å². The Morgan fingerprint density at radius 3 is 3.00 bits per heavy atom. The molecule has 1 atom stereocenters. The highest BCUT2D eigenvalue weighted by Gasteiger charge is 2.27. The van der Waals surface area contributed by atoms with Gasteiger partial charge in [-0.25, -0.2) is 9.78 Å². The normalized spacial score (nSPS) is 17.1. The Labute approximate surface area is 99.0 Å². The summed E-state index contributed by atoms with van der Waals surface area (Å²) in [6.45, 7) is 2.81. The van der Waals surface area contributed by atoms with E-state index in [9.17, 15) is 4.79 Å². The van der Waals surface area contributed by atoms with Crippen molar-refractivity contribution in [3.8, 4) is 0 Å². The number of hydrogen-bond donors (Lipinski definition) is 1. The maximum Gasteiger partial charge on any atom is 0.329 e. The molecule has 0 aromatic carbocycles. The van der Waals surface area contributed by atoms with Crippen molar-refractivity contribution in [3.05, 3.63) is 16.1 Å². The number of carbonyl (C=O) groups is 1. The third-order valence-corrected chi connectivity index (χ3v) is 3.47. The Hall–Kier alpha value is -0.940. The van der Waals surface area contributed by atoms with Gasteiger partial charge in [-0.15, -0.1) is 11.3 Å². The molecule has 0 saturated heterocycles. The summed E-state index contributed by atoms with van der Waals surface area (Å²) in [6.07, 6.45) is 2.52. The van der Waals surface area contributed by atoms with Crippen LogP contribution < -0.4 is 5.32 Å². The highest BCUT2D eigenvalue weighted by molar-refractivity contribution is 7.09. The monoisotopic (exact) mass is 240 g/mol. The van der Waals surface area contributed by atoms with Crippen molar-refractivity contribution in [3.63, 3.8) is 0 Å². The number of hydrogen-bond acceptors (Lipinski definition) is 5. The van der Waals surface area contributed by atoms with Crippen LogP contribution in [0.25, 0.3) is 0 Å². The molecule has 88 valence electrons. The molecule has 1 saturated carbocycles. The Morgan fingerprint density at radius 2 is 2.50 bits per heavy atom. The van der Waals surface area contributed by atoms with Crippen molar-refractivity contribution < 1.29 is 9.53 Å². The molecule has 1 unspecified atom stereocenters. The van der Waals surface area contributed by atoms with Gasteiger partial charge in [-0.1, -0.05) is 0 Å². The van der Waals surface area contributed by atoms with Crippen LogP contribution in [0.1, 0.15) is 29.6 Å². The van der Waals surface area contributed by atoms with Gasteiger partial charge in [0.25, 0.3) is 0 Å². The largest absolute Gasteiger partial charge is 0.468 e. The van der Waals surface area contributed by atoms with Crippen molar-refractivity contribution in [2.24, 2.45) is 5.92 Å². The van der Waals surface area contributed by atoms with Gasteiger partial charge in [0.15, 0.2) is 0 Å². The van der Waals surface area contributed by atoms with Gasteiger partial charge in [0.1, 0.15) is 6.04 Å². The second kappa shape index (κ2) is 4.93. The average Bonchev–Trinajstić information content (AvgIpc) is 3.01. The molecular formula is C11H16N2O2S. The minimum atomic E-state index is -0.407. The zero-order valence-electron chi connectivity index (χ0n) is 9.53. The summed E-state index contributed by atoms with van der Waals surface area (Å²) in [4.78, 5) is 16.0. The number of thiazole rings is 1. The highest BCUT2D eigenvalue weighted by atomic mass is 32.1. The number of nitrogens with zero attached hydrogens (tertiary/aromatic N) is 1. The summed E-state index contributed by atoms with van der Waals surface area (Å²) in [5.74, 6) is 0.470. The molecular weight excluding hydrogens is 224 g/mol. The van der Waals surface area contributed by atoms with E-state index >= 15 is 0 Å². The first-order chi connectivity index (χ1) is 7.70. The molecule has 5 heteroatoms. The van der Waals surface area contributed by atoms with Gasteiger partial charge in [0.2, 0.25) is 0 Å². The van der Waals surface area contributed by atoms with Crippen LogP contribution in [0.2, 0.25) is 0 Å². The number of nitrogens with one attached hydrogen (secondary N) is 1. The summed E-state index contributed by atoms with van der Waals surface area (Å²) in [5, 5.41) is 6.11. The third-order valence-electron chi connectivity index (χ3n) is 2.68. The summed E-state index contributed by atoms with van der Waals surface area (Å²) in [6, 6.07) is -0.407. The van der Waals surface area contributed by atoms with Crippen molar-refractivity contribution in [2.45, 2.75) is 25.8 Å². The molecule has 0 radical (unpaired) electrons. The quantitative estimate of drug-likeness (QED) is 0.795. The molecule has 16 heavy (non-hydrogen) atoms. The fraction of sp³-hybridized carbons (Fsp3) is 0.636. The number of rotatable bonds is 5. The van der Waals surface area contributed by atoms with Crippen LogP contribution >= 0.6 is 11.3 Å². The van der Waals surface area contributed by atoms with Crippen molar-refractivity contribution in [1.29, 1.82) is 0 Å². The van der Waals surface area contributed by atoms with Crippen LogP contribution in [-0.2, 0) is 9.53 Å². The number of methoxy groups -OCH3 is 1. The minimum absolute atomic E-state index is 0.258. The molecule has 0 amide bonds. The average molecular weight is 240 g/mol. The third kappa shape index (κ3) is 2.80. The molecule has 1 aromatic heterocycles. The van der Waals surface area contributed by atoms with Gasteiger partial charge < -0.3 is 4.74 Å². The fourth-order valence-electron chi connectivity index (χ4n) is 1.55. The predicted molar refractivity (Wildman–Crippen MR) is 62.3 cm³/mol. The molecule has 2 rings (SSSR count). The number of esters is 1. The van der Waals surface area contributed by atoms with E-state index in [1.807, 2.05) is 12.3 Å². The fourth-order valence-corrected chi connectivity index (χ4v) is 2.18. The van der Waals surface area contributed by atoms with E-state index in [0.717, 1.165) is 23.2 Å². The van der Waals surface area contributed by atoms with Crippen molar-refractivity contribution in [1.82, 2.24) is 10.3 Å². The van der Waals surface area contributed by atoms with Gasteiger partial charge in [0.05, 0.1) is 17.8 Å². The molecule has 0 aliphatic heterocycles. The lowest BCUT2D eigenvalue weighted by molar-refractivity contribution is -0.143. The van der Waals surface area contributed by atoms with Crippen LogP contribution in [0.5, 0.6) is 0 Å². The smallest absolute Gasteiger partial charge is 0.329 e. The Kier molecular flexibility index (Phi) is 3.56. The van der Waals surface area contributed by atoms with E-state index in [2.05, 4.69) is 10.3 Å². The van der Waals surface area contributed by atoms with Crippen LogP contribution in [-0.4, -0.2) is 24.6 Å². The topological polar surface area (TPSA) is 51.2 Å². The Morgan fingerprint density at radius 1 is 1.75 bits per heavy atom. The number of ether oxygens (including phenoxy) is 1. The molecule has 1 aliphatic carbocycles. The number of aryl methyl sites for hydroxylation is 1. The van der Waals surface area contributed by atoms with Crippen molar-refractivity contribution >= 4 is 17.3 Å². The van der Waals surface area contributed by atoms with Crippen LogP contribution in [0.15, 0.2) is 5.38 Å². The summed E-state index contributed by atoms with van der Waals surface area (Å²) >= 11 is 1.55. The molecule has 1 fully saturated rings. The van der Waals surface area contributed by atoms with E-state index < -0.39 is 6.04 Å². The standard InChI is InChI=1S/C11H16N2O2S/c1-7-13-9(6-16-7)10(11(14)15-2)12-5-8-3-4-8/h6,8,10,12H,3-5H2,1-2H3. The zero-order chi connectivity index (χ0) is 11.5. The summed E-state index contributed by atoms with van der Waals surface area (Å²) < 4.78 is 4.79. The van der Waals surface area contributed by atoms with Gasteiger partial charge in [-0.3, -0.25) is 5.32 Å². The van der Waals surface area contributed by atoms with Gasteiger partial charge >= 0.3 is 5.97 Å². The maximum atomic E-state index is 11.6. The summed E-state index contributed by atoms with van der Waals surface area (Å²) in [7, 11) is 1.41. The molecule has 1 heterocycles. The van der Waals surface area contributed by atoms with E-state index in [-0.39, 0.29) is 5.97 Å². The predicted octanol–water partition coefficient (Wildman–Crippen LogP) is 1.67. The highest BCUT2D eigenvalue weighted by Crippen LogP contribution is 2.29. The van der Waals surface area contributed by atoms with Gasteiger partial charge in [-0.05, 0) is 32.2 Å². The number of carbonyl (C=O) groups excluding carboxylic acids is 1. The number of aromatic nitrogens is 1. The first-order valence-electron chi connectivity index (χ1n) is 5.44. The second-order valence-electron chi connectivity index (χ2n) is 4.10. The van der Waals surface area contributed by atoms with Crippen LogP contribution in [0, 0.1) is 12.8 Å². The van der Waals surface area contributed by atoms with E-state index in [4.69, 9.17) is 4.74 Å². The van der Waals surface area contributed by atoms with Crippen molar-refractivity contribution in [2.75, 3.05) is 13.7 Å². The zero-order valence-corrected chi connectivity index (χ0v) is 10.3. The molecule has 4 nitrogen and oxygen atoms in total. The molecule has 1 aliphatic rings. The molecule has 1 aromatic rings. The first kappa shape index (κ1) is 11.5. The van der Waals surface area contributed by atoms with E-state index in [1.165, 1.54) is 20.0 Å². The summed E-state index contributed by atoms with van der Waals surface area (Å²) in [5.41, 5.74) is 0.773. The van der Waals surface area contributed by atoms with Gasteiger partial charge in [0, 0.05) is 5.38 Å². The minimum Gasteiger partial charge on any atom is -0.468 e. The van der Waals surface area contributed by atoms with Crippen LogP contribution in [0.4, 0.5) is 0 Å². The lowest BCUT2D eigenvalue weighted by Crippen LogP contribution is -2.31. The molecule has 0 spiro atoms. The lowest BCUT2D eigenvalue weighted by Gasteiger charge is -2.13. The Bertz CT molecular complexity index is 374. The lowest BCUT2D eigenvalue weighted by atomic mass is 10.2. The molecule has 0 bridgehead atoms. The van der Waals surface area contributed by atoms with Crippen LogP contribution in [0.3, 0.4) is 0 Å². The first-order valence-corrected chi connectivity index (χ1v) is 6.32. The van der Waals surface area contributed by atoms with Gasteiger partial charge in [-0.2, -0.15) is 0 Å². The Balaban J connectivity index is 2.03. The SMILES string of the molecule is COC(=O)C(NCC1CC1)c1csc(C)n1. The van der Waals surface area contributed by atoms with E-state index in [0.29, 0.717) is 0 Å². The maximum absolute atomic E-state index is 11.6. The second-order valence-corrected chi connectivity index (χ2v) is 5.16.